The lowest BCUT2D eigenvalue weighted by Gasteiger charge is -2.13. The van der Waals surface area contributed by atoms with Crippen molar-refractivity contribution in [3.05, 3.63) is 24.0 Å². The fourth-order valence-electron chi connectivity index (χ4n) is 1.02. The number of hydrogen-bond donors (Lipinski definition) is 3. The van der Waals surface area contributed by atoms with Crippen LogP contribution in [0.3, 0.4) is 0 Å². The van der Waals surface area contributed by atoms with Crippen LogP contribution in [0.1, 0.15) is 18.0 Å². The number of carbonyl (C=O) groups excluding carboxylic acids is 1. The van der Waals surface area contributed by atoms with Gasteiger partial charge in [0.2, 0.25) is 5.91 Å². The van der Waals surface area contributed by atoms with Gasteiger partial charge < -0.3 is 10.7 Å². The van der Waals surface area contributed by atoms with Gasteiger partial charge in [-0.15, -0.1) is 0 Å². The molecule has 1 amide bonds. The van der Waals surface area contributed by atoms with Crippen LogP contribution in [-0.4, -0.2) is 22.9 Å². The van der Waals surface area contributed by atoms with Crippen molar-refractivity contribution < 1.29 is 4.79 Å². The Hall–Kier alpha value is -1.33. The minimum absolute atomic E-state index is 0.172. The molecule has 0 aromatic carbocycles. The van der Waals surface area contributed by atoms with Gasteiger partial charge in [0.25, 0.3) is 0 Å². The molecule has 1 unspecified atom stereocenters. The van der Waals surface area contributed by atoms with Crippen molar-refractivity contribution >= 4 is 5.91 Å². The Morgan fingerprint density at radius 3 is 2.92 bits per heavy atom. The second-order valence-electron chi connectivity index (χ2n) is 2.96. The quantitative estimate of drug-likeness (QED) is 0.342. The lowest BCUT2D eigenvalue weighted by atomic mass is 10.1. The van der Waals surface area contributed by atoms with E-state index in [1.165, 1.54) is 7.05 Å². The highest BCUT2D eigenvalue weighted by atomic mass is 16.2. The first-order valence-electron chi connectivity index (χ1n) is 4.00. The molecule has 1 heterocycles. The van der Waals surface area contributed by atoms with Crippen LogP contribution >= 0.6 is 0 Å². The predicted octanol–water partition coefficient (Wildman–Crippen LogP) is -0.263. The molecule has 0 spiro atoms. The third-order valence-electron chi connectivity index (χ3n) is 1.84. The van der Waals surface area contributed by atoms with Gasteiger partial charge in [0.1, 0.15) is 0 Å². The van der Waals surface area contributed by atoms with Gasteiger partial charge >= 0.3 is 0 Å². The molecule has 1 atom stereocenters. The second-order valence-corrected chi connectivity index (χ2v) is 2.96. The highest BCUT2D eigenvalue weighted by Crippen LogP contribution is 2.12. The van der Waals surface area contributed by atoms with Crippen LogP contribution in [0.25, 0.3) is 0 Å². The van der Waals surface area contributed by atoms with Crippen LogP contribution in [0.2, 0.25) is 0 Å². The van der Waals surface area contributed by atoms with Gasteiger partial charge in [-0.2, -0.15) is 0 Å². The Morgan fingerprint density at radius 1 is 1.77 bits per heavy atom. The molecule has 1 aromatic rings. The molecule has 0 fully saturated rings. The molecular weight excluding hydrogens is 168 g/mol. The van der Waals surface area contributed by atoms with Crippen molar-refractivity contribution in [2.45, 2.75) is 12.5 Å². The summed E-state index contributed by atoms with van der Waals surface area (Å²) >= 11 is 0. The second kappa shape index (κ2) is 4.06. The zero-order chi connectivity index (χ0) is 9.84. The van der Waals surface area contributed by atoms with E-state index < -0.39 is 0 Å². The standard InChI is InChI=1S/C8H14N4O/c1-12(10)8(13)4-7(9)6-2-3-11-5-6/h2-3,5,7,11H,4,9-10H2,1H3. The van der Waals surface area contributed by atoms with Crippen molar-refractivity contribution in [2.24, 2.45) is 11.6 Å². The van der Waals surface area contributed by atoms with E-state index in [-0.39, 0.29) is 18.4 Å². The Bertz CT molecular complexity index is 268. The molecule has 5 nitrogen and oxygen atoms in total. The molecule has 5 N–H and O–H groups in total. The summed E-state index contributed by atoms with van der Waals surface area (Å²) in [4.78, 5) is 14.0. The number of carbonyl (C=O) groups is 1. The van der Waals surface area contributed by atoms with Crippen molar-refractivity contribution in [1.29, 1.82) is 0 Å². The van der Waals surface area contributed by atoms with Gasteiger partial charge in [-0.1, -0.05) is 0 Å². The van der Waals surface area contributed by atoms with E-state index in [1.54, 1.807) is 12.4 Å². The van der Waals surface area contributed by atoms with Crippen LogP contribution in [0.5, 0.6) is 0 Å². The molecular formula is C8H14N4O. The molecule has 1 aromatic heterocycles. The zero-order valence-electron chi connectivity index (χ0n) is 7.53. The summed E-state index contributed by atoms with van der Waals surface area (Å²) in [6.45, 7) is 0. The van der Waals surface area contributed by atoms with Crippen LogP contribution in [0.4, 0.5) is 0 Å². The SMILES string of the molecule is CN(N)C(=O)CC(N)c1cc[nH]c1. The van der Waals surface area contributed by atoms with Gasteiger partial charge in [-0.3, -0.25) is 9.80 Å². The molecule has 0 bridgehead atoms. The largest absolute Gasteiger partial charge is 0.367 e. The number of nitrogens with two attached hydrogens (primary N) is 2. The van der Waals surface area contributed by atoms with E-state index in [0.717, 1.165) is 10.6 Å². The fourth-order valence-corrected chi connectivity index (χ4v) is 1.02. The van der Waals surface area contributed by atoms with Crippen LogP contribution in [-0.2, 0) is 4.79 Å². The summed E-state index contributed by atoms with van der Waals surface area (Å²) in [7, 11) is 1.51. The maximum Gasteiger partial charge on any atom is 0.238 e. The summed E-state index contributed by atoms with van der Waals surface area (Å²) < 4.78 is 0. The first kappa shape index (κ1) is 9.76. The van der Waals surface area contributed by atoms with Crippen LogP contribution in [0.15, 0.2) is 18.5 Å². The number of hydrogen-bond acceptors (Lipinski definition) is 3. The minimum Gasteiger partial charge on any atom is -0.367 e. The molecule has 0 aliphatic heterocycles. The molecule has 5 heteroatoms. The normalized spacial score (nSPS) is 12.5. The van der Waals surface area contributed by atoms with E-state index in [4.69, 9.17) is 11.6 Å². The monoisotopic (exact) mass is 182 g/mol. The fraction of sp³-hybridized carbons (Fsp3) is 0.375. The zero-order valence-corrected chi connectivity index (χ0v) is 7.53. The van der Waals surface area contributed by atoms with Crippen molar-refractivity contribution in [3.63, 3.8) is 0 Å². The number of aromatic amines is 1. The summed E-state index contributed by atoms with van der Waals surface area (Å²) in [5, 5.41) is 1.05. The highest BCUT2D eigenvalue weighted by Gasteiger charge is 2.13. The van der Waals surface area contributed by atoms with E-state index in [0.29, 0.717) is 0 Å². The smallest absolute Gasteiger partial charge is 0.238 e. The summed E-state index contributed by atoms with van der Waals surface area (Å²) in [6, 6.07) is 1.55. The number of H-pyrrole nitrogens is 1. The Kier molecular flexibility index (Phi) is 3.05. The van der Waals surface area contributed by atoms with E-state index in [2.05, 4.69) is 4.98 Å². The average molecular weight is 182 g/mol. The number of rotatable bonds is 3. The predicted molar refractivity (Wildman–Crippen MR) is 49.3 cm³/mol. The third kappa shape index (κ3) is 2.57. The first-order chi connectivity index (χ1) is 6.11. The molecule has 0 aliphatic carbocycles. The molecule has 0 saturated heterocycles. The number of hydrazine groups is 1. The van der Waals surface area contributed by atoms with Gasteiger partial charge in [0.05, 0.1) is 0 Å². The van der Waals surface area contributed by atoms with Crippen molar-refractivity contribution in [3.8, 4) is 0 Å². The Labute approximate surface area is 76.7 Å². The van der Waals surface area contributed by atoms with Crippen LogP contribution in [0, 0.1) is 0 Å². The molecule has 0 aliphatic rings. The first-order valence-corrected chi connectivity index (χ1v) is 4.00. The van der Waals surface area contributed by atoms with Gasteiger partial charge in [0.15, 0.2) is 0 Å². The molecule has 13 heavy (non-hydrogen) atoms. The average Bonchev–Trinajstić information content (AvgIpc) is 2.55. The van der Waals surface area contributed by atoms with Crippen molar-refractivity contribution in [2.75, 3.05) is 7.05 Å². The maximum absolute atomic E-state index is 11.2. The number of aromatic nitrogens is 1. The Balaban J connectivity index is 2.51. The highest BCUT2D eigenvalue weighted by molar-refractivity contribution is 5.76. The number of nitrogens with zero attached hydrogens (tertiary/aromatic N) is 1. The van der Waals surface area contributed by atoms with Crippen LogP contribution < -0.4 is 11.6 Å². The summed E-state index contributed by atoms with van der Waals surface area (Å²) in [5.41, 5.74) is 6.67. The van der Waals surface area contributed by atoms with Gasteiger partial charge in [-0.25, -0.2) is 5.84 Å². The number of nitrogens with one attached hydrogen (secondary N) is 1. The maximum atomic E-state index is 11.2. The summed E-state index contributed by atoms with van der Waals surface area (Å²) in [6.07, 6.45) is 3.77. The lowest BCUT2D eigenvalue weighted by molar-refractivity contribution is -0.130. The molecule has 72 valence electrons. The van der Waals surface area contributed by atoms with Crippen molar-refractivity contribution in [1.82, 2.24) is 9.99 Å². The summed E-state index contributed by atoms with van der Waals surface area (Å²) in [5.74, 6) is 5.09. The molecule has 1 rings (SSSR count). The topological polar surface area (TPSA) is 88.1 Å². The lowest BCUT2D eigenvalue weighted by Crippen LogP contribution is -2.35. The van der Waals surface area contributed by atoms with Gasteiger partial charge in [-0.05, 0) is 11.6 Å². The number of amides is 1. The minimum atomic E-state index is -0.287. The van der Waals surface area contributed by atoms with E-state index in [1.807, 2.05) is 6.07 Å². The van der Waals surface area contributed by atoms with E-state index in [9.17, 15) is 4.79 Å². The molecule has 0 radical (unpaired) electrons. The van der Waals surface area contributed by atoms with E-state index >= 15 is 0 Å². The Morgan fingerprint density at radius 2 is 2.46 bits per heavy atom. The van der Waals surface area contributed by atoms with Gasteiger partial charge in [0, 0.05) is 31.9 Å². The third-order valence-corrected chi connectivity index (χ3v) is 1.84. The molecule has 0 saturated carbocycles.